The topological polar surface area (TPSA) is 87.7 Å². The number of alkyl carbamates (subject to hydrolysis) is 1. The molecule has 0 aliphatic carbocycles. The molecule has 0 aliphatic rings. The van der Waals surface area contributed by atoms with Crippen LogP contribution in [0.3, 0.4) is 0 Å². The van der Waals surface area contributed by atoms with Gasteiger partial charge in [0.25, 0.3) is 0 Å². The third-order valence-corrected chi connectivity index (χ3v) is 2.38. The highest BCUT2D eigenvalue weighted by Gasteiger charge is 2.25. The van der Waals surface area contributed by atoms with Crippen LogP contribution in [-0.2, 0) is 9.53 Å². The molecule has 0 radical (unpaired) electrons. The van der Waals surface area contributed by atoms with Gasteiger partial charge < -0.3 is 20.5 Å². The Kier molecular flexibility index (Phi) is 7.57. The highest BCUT2D eigenvalue weighted by Crippen LogP contribution is 2.09. The molecular formula is C14H28N2O4. The molecule has 6 heteroatoms. The van der Waals surface area contributed by atoms with Crippen LogP contribution in [0, 0.1) is 5.92 Å². The van der Waals surface area contributed by atoms with Crippen LogP contribution >= 0.6 is 0 Å². The highest BCUT2D eigenvalue weighted by molar-refractivity contribution is 5.85. The normalized spacial score (nSPS) is 14.6. The first-order chi connectivity index (χ1) is 9.05. The third kappa shape index (κ3) is 8.74. The highest BCUT2D eigenvalue weighted by atomic mass is 16.6. The summed E-state index contributed by atoms with van der Waals surface area (Å²) in [5.41, 5.74) is -0.610. The molecule has 0 saturated heterocycles. The van der Waals surface area contributed by atoms with Gasteiger partial charge in [-0.3, -0.25) is 4.79 Å². The zero-order valence-corrected chi connectivity index (χ0v) is 13.3. The summed E-state index contributed by atoms with van der Waals surface area (Å²) in [5, 5.41) is 14.2. The van der Waals surface area contributed by atoms with Crippen molar-refractivity contribution in [3.05, 3.63) is 0 Å². The Morgan fingerprint density at radius 2 is 1.70 bits per heavy atom. The first-order valence-corrected chi connectivity index (χ1v) is 6.96. The SMILES string of the molecule is CC(C)CC(NC(=O)OC(C)(C)C)C(=O)NC(C)CO. The number of carbonyl (C=O) groups excluding carboxylic acids is 2. The maximum atomic E-state index is 12.1. The molecule has 0 spiro atoms. The van der Waals surface area contributed by atoms with Gasteiger partial charge in [0.2, 0.25) is 5.91 Å². The van der Waals surface area contributed by atoms with Crippen molar-refractivity contribution in [1.82, 2.24) is 10.6 Å². The molecular weight excluding hydrogens is 260 g/mol. The van der Waals surface area contributed by atoms with Crippen molar-refractivity contribution in [2.75, 3.05) is 6.61 Å². The van der Waals surface area contributed by atoms with E-state index >= 15 is 0 Å². The quantitative estimate of drug-likeness (QED) is 0.690. The van der Waals surface area contributed by atoms with E-state index in [9.17, 15) is 9.59 Å². The van der Waals surface area contributed by atoms with Crippen LogP contribution < -0.4 is 10.6 Å². The lowest BCUT2D eigenvalue weighted by molar-refractivity contribution is -0.124. The molecule has 0 heterocycles. The lowest BCUT2D eigenvalue weighted by Gasteiger charge is -2.25. The Hall–Kier alpha value is -1.30. The fraction of sp³-hybridized carbons (Fsp3) is 0.857. The standard InChI is InChI=1S/C14H28N2O4/c1-9(2)7-11(12(18)15-10(3)8-17)16-13(19)20-14(4,5)6/h9-11,17H,7-8H2,1-6H3,(H,15,18)(H,16,19). The summed E-state index contributed by atoms with van der Waals surface area (Å²) >= 11 is 0. The third-order valence-electron chi connectivity index (χ3n) is 2.38. The Balaban J connectivity index is 4.63. The Morgan fingerprint density at radius 1 is 1.15 bits per heavy atom. The zero-order valence-electron chi connectivity index (χ0n) is 13.3. The van der Waals surface area contributed by atoms with Crippen LogP contribution in [0.25, 0.3) is 0 Å². The van der Waals surface area contributed by atoms with Crippen LogP contribution in [0.1, 0.15) is 48.0 Å². The van der Waals surface area contributed by atoms with E-state index in [4.69, 9.17) is 9.84 Å². The fourth-order valence-corrected chi connectivity index (χ4v) is 1.54. The summed E-state index contributed by atoms with van der Waals surface area (Å²) in [7, 11) is 0. The van der Waals surface area contributed by atoms with Crippen molar-refractivity contribution in [1.29, 1.82) is 0 Å². The van der Waals surface area contributed by atoms with Gasteiger partial charge in [-0.1, -0.05) is 13.8 Å². The molecule has 118 valence electrons. The molecule has 0 saturated carbocycles. The van der Waals surface area contributed by atoms with E-state index < -0.39 is 17.7 Å². The van der Waals surface area contributed by atoms with Gasteiger partial charge in [0.05, 0.1) is 6.61 Å². The van der Waals surface area contributed by atoms with Gasteiger partial charge in [-0.25, -0.2) is 4.79 Å². The molecule has 0 rings (SSSR count). The lowest BCUT2D eigenvalue weighted by atomic mass is 10.0. The largest absolute Gasteiger partial charge is 0.444 e. The fourth-order valence-electron chi connectivity index (χ4n) is 1.54. The van der Waals surface area contributed by atoms with Gasteiger partial charge in [0, 0.05) is 6.04 Å². The van der Waals surface area contributed by atoms with E-state index in [1.54, 1.807) is 27.7 Å². The molecule has 6 nitrogen and oxygen atoms in total. The van der Waals surface area contributed by atoms with Crippen molar-refractivity contribution in [2.45, 2.75) is 65.6 Å². The van der Waals surface area contributed by atoms with E-state index in [0.29, 0.717) is 6.42 Å². The van der Waals surface area contributed by atoms with Crippen LogP contribution in [0.5, 0.6) is 0 Å². The molecule has 0 aromatic rings. The molecule has 2 unspecified atom stereocenters. The maximum absolute atomic E-state index is 12.1. The van der Waals surface area contributed by atoms with Gasteiger partial charge in [0.15, 0.2) is 0 Å². The number of carbonyl (C=O) groups is 2. The predicted molar refractivity (Wildman–Crippen MR) is 77.3 cm³/mol. The van der Waals surface area contributed by atoms with Gasteiger partial charge in [0.1, 0.15) is 11.6 Å². The monoisotopic (exact) mass is 288 g/mol. The number of amides is 2. The minimum Gasteiger partial charge on any atom is -0.444 e. The minimum atomic E-state index is -0.668. The molecule has 3 N–H and O–H groups in total. The summed E-state index contributed by atoms with van der Waals surface area (Å²) < 4.78 is 5.15. The zero-order chi connectivity index (χ0) is 15.9. The van der Waals surface area contributed by atoms with E-state index in [1.807, 2.05) is 13.8 Å². The minimum absolute atomic E-state index is 0.146. The van der Waals surface area contributed by atoms with Gasteiger partial charge >= 0.3 is 6.09 Å². The molecule has 2 atom stereocenters. The summed E-state index contributed by atoms with van der Waals surface area (Å²) in [6.45, 7) is 10.8. The average molecular weight is 288 g/mol. The molecule has 0 aliphatic heterocycles. The summed E-state index contributed by atoms with van der Waals surface area (Å²) in [6, 6.07) is -1.02. The first kappa shape index (κ1) is 18.7. The summed E-state index contributed by atoms with van der Waals surface area (Å²) in [6.07, 6.45) is -0.113. The van der Waals surface area contributed by atoms with Crippen LogP contribution in [-0.4, -0.2) is 41.4 Å². The molecule has 0 fully saturated rings. The van der Waals surface area contributed by atoms with Crippen molar-refractivity contribution < 1.29 is 19.4 Å². The number of hydrogen-bond donors (Lipinski definition) is 3. The molecule has 20 heavy (non-hydrogen) atoms. The first-order valence-electron chi connectivity index (χ1n) is 6.96. The van der Waals surface area contributed by atoms with E-state index in [1.165, 1.54) is 0 Å². The van der Waals surface area contributed by atoms with Gasteiger partial charge in [-0.05, 0) is 40.0 Å². The molecule has 2 amide bonds. The van der Waals surface area contributed by atoms with E-state index in [0.717, 1.165) is 0 Å². The van der Waals surface area contributed by atoms with Crippen LogP contribution in [0.2, 0.25) is 0 Å². The van der Waals surface area contributed by atoms with Crippen LogP contribution in [0.15, 0.2) is 0 Å². The number of hydrogen-bond acceptors (Lipinski definition) is 4. The average Bonchev–Trinajstić information content (AvgIpc) is 2.24. The number of nitrogens with one attached hydrogen (secondary N) is 2. The summed E-state index contributed by atoms with van der Waals surface area (Å²) in [5.74, 6) is -0.0729. The maximum Gasteiger partial charge on any atom is 0.408 e. The second kappa shape index (κ2) is 8.09. The number of aliphatic hydroxyl groups is 1. The van der Waals surface area contributed by atoms with Crippen molar-refractivity contribution in [3.63, 3.8) is 0 Å². The predicted octanol–water partition coefficient (Wildman–Crippen LogP) is 1.42. The van der Waals surface area contributed by atoms with Crippen molar-refractivity contribution >= 4 is 12.0 Å². The molecule has 0 aromatic carbocycles. The number of aliphatic hydroxyl groups excluding tert-OH is 1. The second-order valence-electron chi connectivity index (χ2n) is 6.42. The van der Waals surface area contributed by atoms with Crippen LogP contribution in [0.4, 0.5) is 4.79 Å². The summed E-state index contributed by atoms with van der Waals surface area (Å²) in [4.78, 5) is 23.8. The number of ether oxygens (including phenoxy) is 1. The second-order valence-corrected chi connectivity index (χ2v) is 6.42. The van der Waals surface area contributed by atoms with E-state index in [-0.39, 0.29) is 24.5 Å². The molecule has 0 aromatic heterocycles. The Morgan fingerprint density at radius 3 is 2.10 bits per heavy atom. The van der Waals surface area contributed by atoms with Crippen molar-refractivity contribution in [3.8, 4) is 0 Å². The Bertz CT molecular complexity index is 324. The Labute approximate surface area is 121 Å². The van der Waals surface area contributed by atoms with E-state index in [2.05, 4.69) is 10.6 Å². The van der Waals surface area contributed by atoms with Crippen molar-refractivity contribution in [2.24, 2.45) is 5.92 Å². The smallest absolute Gasteiger partial charge is 0.408 e. The van der Waals surface area contributed by atoms with Gasteiger partial charge in [-0.2, -0.15) is 0 Å². The number of rotatable bonds is 6. The lowest BCUT2D eigenvalue weighted by Crippen LogP contribution is -2.51. The van der Waals surface area contributed by atoms with Gasteiger partial charge in [-0.15, -0.1) is 0 Å². The molecule has 0 bridgehead atoms.